The van der Waals surface area contributed by atoms with Gasteiger partial charge in [-0.1, -0.05) is 18.2 Å². The molecule has 4 rings (SSSR count). The lowest BCUT2D eigenvalue weighted by Crippen LogP contribution is -1.98. The summed E-state index contributed by atoms with van der Waals surface area (Å²) in [5, 5.41) is 4.34. The summed E-state index contributed by atoms with van der Waals surface area (Å²) in [5.41, 5.74) is 4.67. The molecule has 0 bridgehead atoms. The average molecular weight is 318 g/mol. The van der Waals surface area contributed by atoms with Crippen molar-refractivity contribution < 1.29 is 4.39 Å². The minimum Gasteiger partial charge on any atom is -0.264 e. The van der Waals surface area contributed by atoms with E-state index in [0.29, 0.717) is 0 Å². The summed E-state index contributed by atoms with van der Waals surface area (Å²) < 4.78 is 15.0. The Morgan fingerprint density at radius 1 is 1.00 bits per heavy atom. The minimum atomic E-state index is -0.203. The maximum Gasteiger partial charge on any atom is 0.163 e. The van der Waals surface area contributed by atoms with Gasteiger partial charge in [0.05, 0.1) is 6.20 Å². The first-order valence-electron chi connectivity index (χ1n) is 7.78. The quantitative estimate of drug-likeness (QED) is 0.576. The smallest absolute Gasteiger partial charge is 0.163 e. The number of fused-ring (bicyclic) bond motifs is 1. The van der Waals surface area contributed by atoms with Crippen LogP contribution in [-0.2, 0) is 12.8 Å². The largest absolute Gasteiger partial charge is 0.264 e. The van der Waals surface area contributed by atoms with Crippen molar-refractivity contribution in [3.05, 3.63) is 84.3 Å². The second-order valence-electron chi connectivity index (χ2n) is 5.62. The monoisotopic (exact) mass is 318 g/mol. The van der Waals surface area contributed by atoms with Gasteiger partial charge in [-0.2, -0.15) is 5.10 Å². The number of aromatic nitrogens is 4. The number of halogens is 1. The molecule has 5 heteroatoms. The first-order chi connectivity index (χ1) is 11.8. The van der Waals surface area contributed by atoms with Crippen molar-refractivity contribution in [1.29, 1.82) is 0 Å². The third-order valence-corrected chi connectivity index (χ3v) is 3.96. The molecule has 1 aromatic carbocycles. The SMILES string of the molecule is Fc1cccc(CCc2ccn3ncc(-c4cccnc4)c3n2)c1. The summed E-state index contributed by atoms with van der Waals surface area (Å²) in [6.45, 7) is 0. The number of benzene rings is 1. The molecular weight excluding hydrogens is 303 g/mol. The van der Waals surface area contributed by atoms with E-state index in [4.69, 9.17) is 4.98 Å². The Bertz CT molecular complexity index is 979. The molecule has 0 amide bonds. The summed E-state index contributed by atoms with van der Waals surface area (Å²) in [6, 6.07) is 12.5. The van der Waals surface area contributed by atoms with Crippen LogP contribution in [0.15, 0.2) is 67.3 Å². The molecular formula is C19H15FN4. The third-order valence-electron chi connectivity index (χ3n) is 3.96. The van der Waals surface area contributed by atoms with Gasteiger partial charge in [-0.15, -0.1) is 0 Å². The number of rotatable bonds is 4. The zero-order chi connectivity index (χ0) is 16.4. The van der Waals surface area contributed by atoms with E-state index in [1.165, 1.54) is 6.07 Å². The standard InChI is InChI=1S/C19H15FN4/c20-16-5-1-3-14(11-16)6-7-17-8-10-24-19(23-17)18(13-22-24)15-4-2-9-21-12-15/h1-5,8-13H,6-7H2. The molecule has 0 N–H and O–H groups in total. The van der Waals surface area contributed by atoms with Gasteiger partial charge in [0.2, 0.25) is 0 Å². The van der Waals surface area contributed by atoms with Gasteiger partial charge >= 0.3 is 0 Å². The summed E-state index contributed by atoms with van der Waals surface area (Å²) in [6.07, 6.45) is 8.75. The maximum absolute atomic E-state index is 13.3. The van der Waals surface area contributed by atoms with Crippen molar-refractivity contribution >= 4 is 5.65 Å². The summed E-state index contributed by atoms with van der Waals surface area (Å²) in [7, 11) is 0. The molecule has 4 nitrogen and oxygen atoms in total. The molecule has 3 heterocycles. The summed E-state index contributed by atoms with van der Waals surface area (Å²) >= 11 is 0. The van der Waals surface area contributed by atoms with Crippen LogP contribution in [0.25, 0.3) is 16.8 Å². The van der Waals surface area contributed by atoms with Gasteiger partial charge in [-0.05, 0) is 42.7 Å². The Balaban J connectivity index is 1.63. The lowest BCUT2D eigenvalue weighted by atomic mass is 10.1. The van der Waals surface area contributed by atoms with E-state index in [1.807, 2.05) is 30.5 Å². The molecule has 0 aliphatic heterocycles. The van der Waals surface area contributed by atoms with Gasteiger partial charge in [0.1, 0.15) is 5.82 Å². The molecule has 0 radical (unpaired) electrons. The summed E-state index contributed by atoms with van der Waals surface area (Å²) in [5.74, 6) is -0.203. The van der Waals surface area contributed by atoms with Gasteiger partial charge in [-0.25, -0.2) is 13.9 Å². The lowest BCUT2D eigenvalue weighted by Gasteiger charge is -2.04. The van der Waals surface area contributed by atoms with Crippen LogP contribution in [0.4, 0.5) is 4.39 Å². The first-order valence-corrected chi connectivity index (χ1v) is 7.78. The van der Waals surface area contributed by atoms with Crippen LogP contribution >= 0.6 is 0 Å². The van der Waals surface area contributed by atoms with E-state index in [2.05, 4.69) is 10.1 Å². The van der Waals surface area contributed by atoms with Crippen LogP contribution in [0.1, 0.15) is 11.3 Å². The predicted molar refractivity (Wildman–Crippen MR) is 90.0 cm³/mol. The number of hydrogen-bond donors (Lipinski definition) is 0. The zero-order valence-corrected chi connectivity index (χ0v) is 12.9. The molecule has 0 unspecified atom stereocenters. The highest BCUT2D eigenvalue weighted by Gasteiger charge is 2.09. The molecule has 4 aromatic rings. The van der Waals surface area contributed by atoms with Gasteiger partial charge in [0.25, 0.3) is 0 Å². The van der Waals surface area contributed by atoms with Crippen molar-refractivity contribution in [3.8, 4) is 11.1 Å². The van der Waals surface area contributed by atoms with Crippen molar-refractivity contribution in [2.75, 3.05) is 0 Å². The van der Waals surface area contributed by atoms with Crippen molar-refractivity contribution in [2.24, 2.45) is 0 Å². The molecule has 0 spiro atoms. The van der Waals surface area contributed by atoms with Gasteiger partial charge in [0.15, 0.2) is 5.65 Å². The van der Waals surface area contributed by atoms with E-state index in [-0.39, 0.29) is 5.82 Å². The molecule has 0 fully saturated rings. The first kappa shape index (κ1) is 14.5. The highest BCUT2D eigenvalue weighted by atomic mass is 19.1. The van der Waals surface area contributed by atoms with Gasteiger partial charge in [0, 0.05) is 35.4 Å². The molecule has 3 aromatic heterocycles. The van der Waals surface area contributed by atoms with E-state index < -0.39 is 0 Å². The molecule has 118 valence electrons. The fourth-order valence-corrected chi connectivity index (χ4v) is 2.74. The fourth-order valence-electron chi connectivity index (χ4n) is 2.74. The average Bonchev–Trinajstić information content (AvgIpc) is 3.04. The normalized spacial score (nSPS) is 11.0. The molecule has 0 aliphatic rings. The lowest BCUT2D eigenvalue weighted by molar-refractivity contribution is 0.625. The van der Waals surface area contributed by atoms with E-state index in [1.54, 1.807) is 35.2 Å². The minimum absolute atomic E-state index is 0.203. The second-order valence-corrected chi connectivity index (χ2v) is 5.62. The van der Waals surface area contributed by atoms with Crippen LogP contribution in [0.2, 0.25) is 0 Å². The maximum atomic E-state index is 13.3. The van der Waals surface area contributed by atoms with Gasteiger partial charge < -0.3 is 0 Å². The Labute approximate surface area is 138 Å². The molecule has 0 atom stereocenters. The van der Waals surface area contributed by atoms with E-state index in [0.717, 1.165) is 40.9 Å². The van der Waals surface area contributed by atoms with Crippen LogP contribution in [0.5, 0.6) is 0 Å². The molecule has 24 heavy (non-hydrogen) atoms. The molecule has 0 saturated carbocycles. The highest BCUT2D eigenvalue weighted by molar-refractivity contribution is 5.76. The van der Waals surface area contributed by atoms with Crippen molar-refractivity contribution in [3.63, 3.8) is 0 Å². The number of aryl methyl sites for hydroxylation is 2. The Morgan fingerprint density at radius 2 is 1.96 bits per heavy atom. The topological polar surface area (TPSA) is 43.1 Å². The van der Waals surface area contributed by atoms with Crippen LogP contribution < -0.4 is 0 Å². The number of hydrogen-bond acceptors (Lipinski definition) is 3. The molecule has 0 saturated heterocycles. The fraction of sp³-hybridized carbons (Fsp3) is 0.105. The van der Waals surface area contributed by atoms with Crippen LogP contribution in [-0.4, -0.2) is 19.6 Å². The Hall–Kier alpha value is -3.08. The zero-order valence-electron chi connectivity index (χ0n) is 12.9. The summed E-state index contributed by atoms with van der Waals surface area (Å²) in [4.78, 5) is 8.88. The Kier molecular flexibility index (Phi) is 3.75. The number of pyridine rings is 1. The third kappa shape index (κ3) is 2.88. The van der Waals surface area contributed by atoms with Crippen molar-refractivity contribution in [2.45, 2.75) is 12.8 Å². The van der Waals surface area contributed by atoms with Crippen molar-refractivity contribution in [1.82, 2.24) is 19.6 Å². The van der Waals surface area contributed by atoms with E-state index >= 15 is 0 Å². The van der Waals surface area contributed by atoms with Crippen LogP contribution in [0, 0.1) is 5.82 Å². The predicted octanol–water partition coefficient (Wildman–Crippen LogP) is 3.72. The van der Waals surface area contributed by atoms with E-state index in [9.17, 15) is 4.39 Å². The highest BCUT2D eigenvalue weighted by Crippen LogP contribution is 2.22. The second kappa shape index (κ2) is 6.20. The number of nitrogens with zero attached hydrogens (tertiary/aromatic N) is 4. The van der Waals surface area contributed by atoms with Gasteiger partial charge in [-0.3, -0.25) is 4.98 Å². The Morgan fingerprint density at radius 3 is 2.79 bits per heavy atom. The van der Waals surface area contributed by atoms with Crippen LogP contribution in [0.3, 0.4) is 0 Å². The molecule has 0 aliphatic carbocycles.